The van der Waals surface area contributed by atoms with E-state index < -0.39 is 0 Å². The summed E-state index contributed by atoms with van der Waals surface area (Å²) in [6, 6.07) is 15.4. The molecule has 5 nitrogen and oxygen atoms in total. The molecule has 1 aliphatic heterocycles. The fraction of sp³-hybridized carbons (Fsp3) is 0.292. The standard InChI is InChI=1S/C24H25N3O2S/c1-16(2)22(28)27-13-7-10-19-14-18(11-12-21(19)27)20-15-30-24(25-20)26(3)23(29)17-8-5-4-6-9-17/h4-6,8-9,11-12,14-16H,7,10,13H2,1-3H3. The minimum absolute atomic E-state index is 0.0191. The van der Waals surface area contributed by atoms with Crippen LogP contribution in [0.3, 0.4) is 0 Å². The van der Waals surface area contributed by atoms with Gasteiger partial charge in [-0.25, -0.2) is 4.98 Å². The molecular weight excluding hydrogens is 394 g/mol. The summed E-state index contributed by atoms with van der Waals surface area (Å²) in [5.74, 6) is 0.0693. The number of hydrogen-bond donors (Lipinski definition) is 0. The van der Waals surface area contributed by atoms with Crippen molar-refractivity contribution < 1.29 is 9.59 Å². The number of rotatable bonds is 4. The van der Waals surface area contributed by atoms with Crippen LogP contribution in [0.15, 0.2) is 53.9 Å². The van der Waals surface area contributed by atoms with E-state index in [1.54, 1.807) is 24.1 Å². The molecule has 4 rings (SSSR count). The van der Waals surface area contributed by atoms with Gasteiger partial charge in [0.15, 0.2) is 5.13 Å². The number of benzene rings is 2. The van der Waals surface area contributed by atoms with Crippen molar-refractivity contribution >= 4 is 34.0 Å². The highest BCUT2D eigenvalue weighted by atomic mass is 32.1. The van der Waals surface area contributed by atoms with Gasteiger partial charge < -0.3 is 4.90 Å². The van der Waals surface area contributed by atoms with Crippen molar-refractivity contribution in [2.75, 3.05) is 23.4 Å². The third-order valence-electron chi connectivity index (χ3n) is 5.36. The zero-order chi connectivity index (χ0) is 21.3. The molecule has 0 aliphatic carbocycles. The summed E-state index contributed by atoms with van der Waals surface area (Å²) in [6.07, 6.45) is 1.92. The fourth-order valence-corrected chi connectivity index (χ4v) is 4.51. The summed E-state index contributed by atoms with van der Waals surface area (Å²) >= 11 is 1.45. The molecule has 0 saturated carbocycles. The number of anilines is 2. The number of carbonyl (C=O) groups is 2. The minimum atomic E-state index is -0.0789. The summed E-state index contributed by atoms with van der Waals surface area (Å²) in [5, 5.41) is 2.64. The van der Waals surface area contributed by atoms with Crippen LogP contribution in [-0.4, -0.2) is 30.4 Å². The molecule has 1 aromatic heterocycles. The lowest BCUT2D eigenvalue weighted by Crippen LogP contribution is -2.38. The van der Waals surface area contributed by atoms with Gasteiger partial charge in [-0.2, -0.15) is 0 Å². The number of aromatic nitrogens is 1. The van der Waals surface area contributed by atoms with E-state index in [0.717, 1.165) is 36.3 Å². The van der Waals surface area contributed by atoms with E-state index >= 15 is 0 Å². The molecule has 0 saturated heterocycles. The Balaban J connectivity index is 1.58. The predicted molar refractivity (Wildman–Crippen MR) is 122 cm³/mol. The van der Waals surface area contributed by atoms with Crippen LogP contribution in [0.4, 0.5) is 10.8 Å². The average Bonchev–Trinajstić information content (AvgIpc) is 3.27. The molecular formula is C24H25N3O2S. The second kappa shape index (κ2) is 8.40. The fourth-order valence-electron chi connectivity index (χ4n) is 3.71. The van der Waals surface area contributed by atoms with Crippen molar-refractivity contribution in [3.8, 4) is 11.3 Å². The molecule has 0 N–H and O–H groups in total. The van der Waals surface area contributed by atoms with Crippen LogP contribution < -0.4 is 9.80 Å². The summed E-state index contributed by atoms with van der Waals surface area (Å²) in [5.41, 5.74) is 4.68. The largest absolute Gasteiger partial charge is 0.312 e. The Labute approximate surface area is 181 Å². The van der Waals surface area contributed by atoms with Crippen LogP contribution in [0.25, 0.3) is 11.3 Å². The van der Waals surface area contributed by atoms with Crippen molar-refractivity contribution in [3.05, 3.63) is 65.0 Å². The Hall–Kier alpha value is -2.99. The Kier molecular flexibility index (Phi) is 5.68. The lowest BCUT2D eigenvalue weighted by atomic mass is 9.97. The molecule has 0 atom stereocenters. The van der Waals surface area contributed by atoms with Crippen molar-refractivity contribution in [2.24, 2.45) is 5.92 Å². The first-order chi connectivity index (χ1) is 14.5. The van der Waals surface area contributed by atoms with E-state index in [2.05, 4.69) is 6.07 Å². The van der Waals surface area contributed by atoms with E-state index in [-0.39, 0.29) is 17.7 Å². The van der Waals surface area contributed by atoms with Crippen LogP contribution >= 0.6 is 11.3 Å². The van der Waals surface area contributed by atoms with Gasteiger partial charge in [-0.15, -0.1) is 11.3 Å². The van der Waals surface area contributed by atoms with Gasteiger partial charge in [-0.3, -0.25) is 14.5 Å². The molecule has 2 aromatic carbocycles. The molecule has 6 heteroatoms. The number of nitrogens with zero attached hydrogens (tertiary/aromatic N) is 3. The third-order valence-corrected chi connectivity index (χ3v) is 6.28. The van der Waals surface area contributed by atoms with Crippen molar-refractivity contribution in [2.45, 2.75) is 26.7 Å². The van der Waals surface area contributed by atoms with Crippen LogP contribution in [0, 0.1) is 5.92 Å². The Morgan fingerprint density at radius 3 is 2.63 bits per heavy atom. The van der Waals surface area contributed by atoms with Gasteiger partial charge in [0.2, 0.25) is 5.91 Å². The molecule has 0 spiro atoms. The molecule has 30 heavy (non-hydrogen) atoms. The van der Waals surface area contributed by atoms with Crippen LogP contribution in [0.1, 0.15) is 36.2 Å². The number of thiazole rings is 1. The number of amides is 2. The second-order valence-electron chi connectivity index (χ2n) is 7.84. The van der Waals surface area contributed by atoms with E-state index in [9.17, 15) is 9.59 Å². The molecule has 0 bridgehead atoms. The Morgan fingerprint density at radius 1 is 1.13 bits per heavy atom. The maximum Gasteiger partial charge on any atom is 0.259 e. The van der Waals surface area contributed by atoms with Crippen molar-refractivity contribution in [1.82, 2.24) is 4.98 Å². The van der Waals surface area contributed by atoms with Gasteiger partial charge in [-0.05, 0) is 42.7 Å². The molecule has 0 fully saturated rings. The molecule has 154 valence electrons. The highest BCUT2D eigenvalue weighted by molar-refractivity contribution is 7.14. The quantitative estimate of drug-likeness (QED) is 0.596. The first-order valence-electron chi connectivity index (χ1n) is 10.2. The van der Waals surface area contributed by atoms with Crippen LogP contribution in [0.2, 0.25) is 0 Å². The molecule has 3 aromatic rings. The van der Waals surface area contributed by atoms with Gasteiger partial charge >= 0.3 is 0 Å². The van der Waals surface area contributed by atoms with Gasteiger partial charge in [0.05, 0.1) is 5.69 Å². The van der Waals surface area contributed by atoms with E-state index in [0.29, 0.717) is 10.7 Å². The summed E-state index contributed by atoms with van der Waals surface area (Å²) < 4.78 is 0. The normalized spacial score (nSPS) is 13.3. The van der Waals surface area contributed by atoms with Gasteiger partial charge in [0, 0.05) is 41.7 Å². The summed E-state index contributed by atoms with van der Waals surface area (Å²) in [6.45, 7) is 4.65. The molecule has 0 unspecified atom stereocenters. The highest BCUT2D eigenvalue weighted by Crippen LogP contribution is 2.34. The first-order valence-corrected chi connectivity index (χ1v) is 11.1. The average molecular weight is 420 g/mol. The molecule has 1 aliphatic rings. The molecule has 2 amide bonds. The molecule has 0 radical (unpaired) electrons. The van der Waals surface area contributed by atoms with Gasteiger partial charge in [-0.1, -0.05) is 38.1 Å². The maximum absolute atomic E-state index is 12.7. The predicted octanol–water partition coefficient (Wildman–Crippen LogP) is 5.02. The number of aryl methyl sites for hydroxylation is 1. The topological polar surface area (TPSA) is 53.5 Å². The van der Waals surface area contributed by atoms with Crippen molar-refractivity contribution in [3.63, 3.8) is 0 Å². The summed E-state index contributed by atoms with van der Waals surface area (Å²) in [4.78, 5) is 33.4. The first kappa shape index (κ1) is 20.3. The highest BCUT2D eigenvalue weighted by Gasteiger charge is 2.25. The van der Waals surface area contributed by atoms with Gasteiger partial charge in [0.1, 0.15) is 0 Å². The second-order valence-corrected chi connectivity index (χ2v) is 8.67. The van der Waals surface area contributed by atoms with E-state index in [1.807, 2.05) is 54.5 Å². The number of fused-ring (bicyclic) bond motifs is 1. The maximum atomic E-state index is 12.7. The van der Waals surface area contributed by atoms with Crippen LogP contribution in [-0.2, 0) is 11.2 Å². The van der Waals surface area contributed by atoms with Crippen LogP contribution in [0.5, 0.6) is 0 Å². The van der Waals surface area contributed by atoms with Gasteiger partial charge in [0.25, 0.3) is 5.91 Å². The SMILES string of the molecule is CC(C)C(=O)N1CCCc2cc(-c3csc(N(C)C(=O)c4ccccc4)n3)ccc21. The third kappa shape index (κ3) is 3.87. The minimum Gasteiger partial charge on any atom is -0.312 e. The smallest absolute Gasteiger partial charge is 0.259 e. The molecule has 2 heterocycles. The van der Waals surface area contributed by atoms with E-state index in [1.165, 1.54) is 16.9 Å². The zero-order valence-corrected chi connectivity index (χ0v) is 18.3. The zero-order valence-electron chi connectivity index (χ0n) is 17.5. The lowest BCUT2D eigenvalue weighted by molar-refractivity contribution is -0.121. The Morgan fingerprint density at radius 2 is 1.90 bits per heavy atom. The Bertz CT molecular complexity index is 1080. The van der Waals surface area contributed by atoms with E-state index in [4.69, 9.17) is 4.98 Å². The number of carbonyl (C=O) groups excluding carboxylic acids is 2. The summed E-state index contributed by atoms with van der Waals surface area (Å²) in [7, 11) is 1.75. The lowest BCUT2D eigenvalue weighted by Gasteiger charge is -2.31. The number of hydrogen-bond acceptors (Lipinski definition) is 4. The monoisotopic (exact) mass is 419 g/mol. The van der Waals surface area contributed by atoms with Crippen molar-refractivity contribution in [1.29, 1.82) is 0 Å².